The maximum atomic E-state index is 12.7. The fraction of sp³-hybridized carbons (Fsp3) is 0.500. The summed E-state index contributed by atoms with van der Waals surface area (Å²) in [7, 11) is 1.70. The molecule has 3 aliphatic rings. The van der Waals surface area contributed by atoms with Crippen LogP contribution in [0.1, 0.15) is 12.8 Å². The number of carbonyl (C=O) groups excluding carboxylic acids is 2. The van der Waals surface area contributed by atoms with E-state index < -0.39 is 0 Å². The highest BCUT2D eigenvalue weighted by Gasteiger charge is 2.58. The van der Waals surface area contributed by atoms with Crippen molar-refractivity contribution in [2.24, 2.45) is 28.7 Å². The number of nitrogens with zero attached hydrogens (tertiary/aromatic N) is 2. The quantitative estimate of drug-likeness (QED) is 0.128. The van der Waals surface area contributed by atoms with Gasteiger partial charge in [-0.15, -0.1) is 24.0 Å². The molecule has 7 nitrogen and oxygen atoms in total. The molecule has 4 atom stereocenters. The van der Waals surface area contributed by atoms with E-state index in [-0.39, 0.29) is 59.5 Å². The van der Waals surface area contributed by atoms with Crippen LogP contribution in [0.2, 0.25) is 5.02 Å². The van der Waals surface area contributed by atoms with Crippen LogP contribution in [0.3, 0.4) is 0 Å². The number of imide groups is 1. The first kappa shape index (κ1) is 23.8. The summed E-state index contributed by atoms with van der Waals surface area (Å²) >= 11 is 5.86. The fourth-order valence-corrected chi connectivity index (χ4v) is 4.84. The molecule has 2 bridgehead atoms. The van der Waals surface area contributed by atoms with Crippen molar-refractivity contribution in [3.05, 3.63) is 41.4 Å². The number of rotatable bonds is 8. The number of halogens is 2. The fourth-order valence-electron chi connectivity index (χ4n) is 4.72. The van der Waals surface area contributed by atoms with Gasteiger partial charge in [0.05, 0.1) is 18.4 Å². The van der Waals surface area contributed by atoms with Crippen LogP contribution in [0.5, 0.6) is 5.75 Å². The van der Waals surface area contributed by atoms with Crippen molar-refractivity contribution in [3.63, 3.8) is 0 Å². The van der Waals surface area contributed by atoms with Gasteiger partial charge in [0.2, 0.25) is 11.8 Å². The largest absolute Gasteiger partial charge is 0.492 e. The van der Waals surface area contributed by atoms with Gasteiger partial charge in [0.25, 0.3) is 0 Å². The van der Waals surface area contributed by atoms with Gasteiger partial charge in [-0.05, 0) is 48.9 Å². The number of allylic oxidation sites excluding steroid dienone is 2. The minimum atomic E-state index is -0.115. The van der Waals surface area contributed by atoms with Crippen LogP contribution in [-0.4, -0.2) is 56.0 Å². The molecule has 1 aliphatic heterocycles. The molecule has 9 heteroatoms. The third-order valence-corrected chi connectivity index (χ3v) is 6.37. The highest BCUT2D eigenvalue weighted by Crippen LogP contribution is 2.52. The Morgan fingerprint density at radius 1 is 1.10 bits per heavy atom. The van der Waals surface area contributed by atoms with Crippen LogP contribution < -0.4 is 15.4 Å². The molecule has 1 saturated carbocycles. The molecule has 1 aromatic rings. The Morgan fingerprint density at radius 3 is 2.32 bits per heavy atom. The first-order chi connectivity index (χ1) is 14.6. The Morgan fingerprint density at radius 2 is 1.71 bits per heavy atom. The van der Waals surface area contributed by atoms with Gasteiger partial charge in [-0.25, -0.2) is 0 Å². The highest BCUT2D eigenvalue weighted by atomic mass is 127. The van der Waals surface area contributed by atoms with Crippen LogP contribution in [0.25, 0.3) is 0 Å². The van der Waals surface area contributed by atoms with Gasteiger partial charge >= 0.3 is 0 Å². The predicted octanol–water partition coefficient (Wildman–Crippen LogP) is 2.70. The number of likely N-dealkylation sites (tertiary alicyclic amines) is 1. The Bertz CT molecular complexity index is 831. The average molecular weight is 559 g/mol. The zero-order chi connectivity index (χ0) is 21.1. The maximum absolute atomic E-state index is 12.7. The number of nitrogens with one attached hydrogen (secondary N) is 2. The van der Waals surface area contributed by atoms with Gasteiger partial charge in [0, 0.05) is 25.2 Å². The molecule has 2 fully saturated rings. The Labute approximate surface area is 204 Å². The second-order valence-electron chi connectivity index (χ2n) is 7.91. The number of aliphatic imine (C=N–C) groups is 1. The summed E-state index contributed by atoms with van der Waals surface area (Å²) in [6, 6.07) is 7.22. The number of amides is 2. The summed E-state index contributed by atoms with van der Waals surface area (Å²) in [6.45, 7) is 2.14. The molecule has 1 heterocycles. The molecule has 2 N–H and O–H groups in total. The first-order valence-electron chi connectivity index (χ1n) is 10.4. The molecule has 4 rings (SSSR count). The molecule has 0 aromatic heterocycles. The molecule has 1 aromatic carbocycles. The third kappa shape index (κ3) is 5.16. The average Bonchev–Trinajstić information content (AvgIpc) is 3.43. The molecular weight excluding hydrogens is 531 g/mol. The van der Waals surface area contributed by atoms with Gasteiger partial charge in [-0.1, -0.05) is 23.8 Å². The van der Waals surface area contributed by atoms with Crippen molar-refractivity contribution in [2.45, 2.75) is 12.8 Å². The van der Waals surface area contributed by atoms with E-state index in [9.17, 15) is 9.59 Å². The summed E-state index contributed by atoms with van der Waals surface area (Å²) in [5.41, 5.74) is 0. The van der Waals surface area contributed by atoms with Crippen molar-refractivity contribution in [1.29, 1.82) is 0 Å². The van der Waals surface area contributed by atoms with E-state index in [1.165, 1.54) is 4.90 Å². The van der Waals surface area contributed by atoms with Crippen molar-refractivity contribution in [3.8, 4) is 5.75 Å². The molecule has 4 unspecified atom stereocenters. The first-order valence-corrected chi connectivity index (χ1v) is 10.8. The van der Waals surface area contributed by atoms with Crippen LogP contribution in [0, 0.1) is 23.7 Å². The summed E-state index contributed by atoms with van der Waals surface area (Å²) in [5, 5.41) is 7.07. The van der Waals surface area contributed by atoms with Crippen molar-refractivity contribution >= 4 is 53.4 Å². The maximum Gasteiger partial charge on any atom is 0.233 e. The summed E-state index contributed by atoms with van der Waals surface area (Å²) in [6.07, 6.45) is 5.89. The molecule has 0 radical (unpaired) electrons. The standard InChI is InChI=1S/C22H27ClN4O3.HI/c1-24-22(26-10-12-30-17-7-5-16(23)6-8-17)25-9-2-11-27-20(28)18-14-3-4-15(13-14)19(18)21(27)29;/h3-8,14-15,18-19H,2,9-13H2,1H3,(H2,24,25,26);1H. The number of hydrogen-bond acceptors (Lipinski definition) is 4. The van der Waals surface area contributed by atoms with Gasteiger partial charge in [0.1, 0.15) is 12.4 Å². The summed E-state index contributed by atoms with van der Waals surface area (Å²) in [4.78, 5) is 31.0. The van der Waals surface area contributed by atoms with Crippen LogP contribution in [0.15, 0.2) is 41.4 Å². The Hall–Kier alpha value is -1.81. The number of benzene rings is 1. The second-order valence-corrected chi connectivity index (χ2v) is 8.35. The zero-order valence-electron chi connectivity index (χ0n) is 17.4. The monoisotopic (exact) mass is 558 g/mol. The lowest BCUT2D eigenvalue weighted by Crippen LogP contribution is -2.41. The van der Waals surface area contributed by atoms with E-state index in [0.717, 1.165) is 12.2 Å². The third-order valence-electron chi connectivity index (χ3n) is 6.11. The number of hydrogen-bond donors (Lipinski definition) is 2. The SMILES string of the molecule is CN=C(NCCCN1C(=O)C2C3C=CC(C3)C2C1=O)NCCOc1ccc(Cl)cc1.I. The number of ether oxygens (including phenoxy) is 1. The number of guanidine groups is 1. The van der Waals surface area contributed by atoms with E-state index in [0.29, 0.717) is 43.6 Å². The smallest absolute Gasteiger partial charge is 0.233 e. The van der Waals surface area contributed by atoms with Gasteiger partial charge in [-0.2, -0.15) is 0 Å². The number of carbonyl (C=O) groups is 2. The lowest BCUT2D eigenvalue weighted by Gasteiger charge is -2.18. The predicted molar refractivity (Wildman–Crippen MR) is 131 cm³/mol. The van der Waals surface area contributed by atoms with Crippen molar-refractivity contribution in [1.82, 2.24) is 15.5 Å². The lowest BCUT2D eigenvalue weighted by atomic mass is 9.85. The van der Waals surface area contributed by atoms with Crippen LogP contribution >= 0.6 is 35.6 Å². The molecule has 0 spiro atoms. The topological polar surface area (TPSA) is 83.0 Å². The minimum Gasteiger partial charge on any atom is -0.492 e. The van der Waals surface area contributed by atoms with Crippen LogP contribution in [0.4, 0.5) is 0 Å². The van der Waals surface area contributed by atoms with E-state index in [4.69, 9.17) is 16.3 Å². The molecule has 31 heavy (non-hydrogen) atoms. The van der Waals surface area contributed by atoms with Crippen molar-refractivity contribution in [2.75, 3.05) is 33.3 Å². The molecular formula is C22H28ClIN4O3. The summed E-state index contributed by atoms with van der Waals surface area (Å²) in [5.74, 6) is 1.75. The normalized spacial score (nSPS) is 26.1. The van der Waals surface area contributed by atoms with Gasteiger partial charge < -0.3 is 15.4 Å². The Balaban J connectivity index is 0.00000272. The van der Waals surface area contributed by atoms with Gasteiger partial charge in [-0.3, -0.25) is 19.5 Å². The van der Waals surface area contributed by atoms with E-state index >= 15 is 0 Å². The molecule has 2 amide bonds. The van der Waals surface area contributed by atoms with Crippen molar-refractivity contribution < 1.29 is 14.3 Å². The highest BCUT2D eigenvalue weighted by molar-refractivity contribution is 14.0. The molecule has 168 valence electrons. The lowest BCUT2D eigenvalue weighted by molar-refractivity contribution is -0.140. The minimum absolute atomic E-state index is 0. The molecule has 2 aliphatic carbocycles. The Kier molecular flexibility index (Phi) is 8.21. The number of fused-ring (bicyclic) bond motifs is 5. The summed E-state index contributed by atoms with van der Waals surface area (Å²) < 4.78 is 5.64. The van der Waals surface area contributed by atoms with E-state index in [1.54, 1.807) is 19.2 Å². The molecule has 1 saturated heterocycles. The van der Waals surface area contributed by atoms with Gasteiger partial charge in [0.15, 0.2) is 5.96 Å². The second kappa shape index (κ2) is 10.7. The van der Waals surface area contributed by atoms with Crippen LogP contribution in [-0.2, 0) is 9.59 Å². The van der Waals surface area contributed by atoms with E-state index in [2.05, 4.69) is 27.8 Å². The van der Waals surface area contributed by atoms with E-state index in [1.807, 2.05) is 12.1 Å². The zero-order valence-corrected chi connectivity index (χ0v) is 20.5.